The molecule has 19 heavy (non-hydrogen) atoms. The molecule has 3 heteroatoms. The molecule has 0 saturated carbocycles. The highest BCUT2D eigenvalue weighted by Gasteiger charge is 2.13. The van der Waals surface area contributed by atoms with E-state index in [0.717, 1.165) is 34.1 Å². The Bertz CT molecular complexity index is 572. The van der Waals surface area contributed by atoms with Crippen LogP contribution in [0, 0.1) is 20.8 Å². The van der Waals surface area contributed by atoms with Crippen molar-refractivity contribution in [1.29, 1.82) is 0 Å². The first-order valence-electron chi connectivity index (χ1n) is 6.50. The molecule has 1 atom stereocenters. The number of benzene rings is 1. The van der Waals surface area contributed by atoms with Crippen molar-refractivity contribution in [2.75, 3.05) is 12.4 Å². The maximum Gasteiger partial charge on any atom is 0.126 e. The lowest BCUT2D eigenvalue weighted by Crippen LogP contribution is -2.07. The molecular formula is C16H21NO2. The molecule has 2 aromatic rings. The van der Waals surface area contributed by atoms with Crippen molar-refractivity contribution in [3.8, 4) is 5.75 Å². The molecule has 0 fully saturated rings. The minimum Gasteiger partial charge on any atom is -0.496 e. The second-order valence-electron chi connectivity index (χ2n) is 4.90. The summed E-state index contributed by atoms with van der Waals surface area (Å²) in [7, 11) is 1.71. The second-order valence-corrected chi connectivity index (χ2v) is 4.90. The maximum atomic E-state index is 5.64. The van der Waals surface area contributed by atoms with Crippen molar-refractivity contribution < 1.29 is 9.15 Å². The van der Waals surface area contributed by atoms with Gasteiger partial charge in [0.25, 0.3) is 0 Å². The summed E-state index contributed by atoms with van der Waals surface area (Å²) >= 11 is 0. The Balaban J connectivity index is 2.24. The first kappa shape index (κ1) is 13.5. The van der Waals surface area contributed by atoms with E-state index in [1.165, 1.54) is 0 Å². The standard InChI is InChI=1S/C16H21NO2/c1-10-6-8-14(12(3)16(10)18-5)17-13(4)15-9-7-11(2)19-15/h6-9,13,17H,1-5H3. The average Bonchev–Trinajstić information content (AvgIpc) is 2.80. The number of furan rings is 1. The van der Waals surface area contributed by atoms with Crippen molar-refractivity contribution in [1.82, 2.24) is 0 Å². The predicted octanol–water partition coefficient (Wildman–Crippen LogP) is 4.39. The molecule has 2 rings (SSSR count). The molecule has 1 unspecified atom stereocenters. The smallest absolute Gasteiger partial charge is 0.126 e. The lowest BCUT2D eigenvalue weighted by Gasteiger charge is -2.18. The van der Waals surface area contributed by atoms with E-state index in [9.17, 15) is 0 Å². The number of hydrogen-bond donors (Lipinski definition) is 1. The molecule has 0 saturated heterocycles. The zero-order chi connectivity index (χ0) is 14.0. The first-order chi connectivity index (χ1) is 9.02. The highest BCUT2D eigenvalue weighted by molar-refractivity contribution is 5.60. The van der Waals surface area contributed by atoms with E-state index < -0.39 is 0 Å². The topological polar surface area (TPSA) is 34.4 Å². The van der Waals surface area contributed by atoms with Crippen LogP contribution in [0.5, 0.6) is 5.75 Å². The van der Waals surface area contributed by atoms with E-state index in [-0.39, 0.29) is 6.04 Å². The van der Waals surface area contributed by atoms with Gasteiger partial charge in [0.05, 0.1) is 13.2 Å². The quantitative estimate of drug-likeness (QED) is 0.884. The van der Waals surface area contributed by atoms with Gasteiger partial charge in [-0.3, -0.25) is 0 Å². The zero-order valence-corrected chi connectivity index (χ0v) is 12.2. The molecule has 0 spiro atoms. The molecule has 0 aliphatic heterocycles. The third-order valence-corrected chi connectivity index (χ3v) is 3.37. The number of hydrogen-bond acceptors (Lipinski definition) is 3. The van der Waals surface area contributed by atoms with Gasteiger partial charge in [0.1, 0.15) is 17.3 Å². The number of ether oxygens (including phenoxy) is 1. The van der Waals surface area contributed by atoms with Gasteiger partial charge >= 0.3 is 0 Å². The fourth-order valence-corrected chi connectivity index (χ4v) is 2.29. The third kappa shape index (κ3) is 2.75. The van der Waals surface area contributed by atoms with Crippen LogP contribution in [0.1, 0.15) is 35.6 Å². The van der Waals surface area contributed by atoms with Crippen molar-refractivity contribution in [3.63, 3.8) is 0 Å². The molecule has 1 aromatic heterocycles. The molecule has 0 bridgehead atoms. The number of anilines is 1. The lowest BCUT2D eigenvalue weighted by molar-refractivity contribution is 0.408. The molecule has 1 heterocycles. The molecule has 3 nitrogen and oxygen atoms in total. The Morgan fingerprint density at radius 3 is 2.42 bits per heavy atom. The molecule has 1 aromatic carbocycles. The average molecular weight is 259 g/mol. The van der Waals surface area contributed by atoms with Gasteiger partial charge in [0.2, 0.25) is 0 Å². The number of methoxy groups -OCH3 is 1. The molecule has 102 valence electrons. The second kappa shape index (κ2) is 5.39. The predicted molar refractivity (Wildman–Crippen MR) is 78.0 cm³/mol. The molecule has 0 amide bonds. The van der Waals surface area contributed by atoms with E-state index in [1.54, 1.807) is 7.11 Å². The Kier molecular flexibility index (Phi) is 3.84. The fourth-order valence-electron chi connectivity index (χ4n) is 2.29. The van der Waals surface area contributed by atoms with Crippen LogP contribution < -0.4 is 10.1 Å². The minimum atomic E-state index is 0.125. The Hall–Kier alpha value is -1.90. The van der Waals surface area contributed by atoms with Crippen LogP contribution in [0.4, 0.5) is 5.69 Å². The number of aryl methyl sites for hydroxylation is 2. The van der Waals surface area contributed by atoms with Crippen LogP contribution in [-0.4, -0.2) is 7.11 Å². The van der Waals surface area contributed by atoms with E-state index in [2.05, 4.69) is 38.2 Å². The van der Waals surface area contributed by atoms with Crippen LogP contribution >= 0.6 is 0 Å². The summed E-state index contributed by atoms with van der Waals surface area (Å²) in [5, 5.41) is 3.47. The highest BCUT2D eigenvalue weighted by Crippen LogP contribution is 2.31. The van der Waals surface area contributed by atoms with Crippen LogP contribution in [0.2, 0.25) is 0 Å². The van der Waals surface area contributed by atoms with Gasteiger partial charge < -0.3 is 14.5 Å². The maximum absolute atomic E-state index is 5.64. The summed E-state index contributed by atoms with van der Waals surface area (Å²) < 4.78 is 11.1. The molecule has 1 N–H and O–H groups in total. The molecule has 0 aliphatic rings. The van der Waals surface area contributed by atoms with Crippen LogP contribution in [-0.2, 0) is 0 Å². The zero-order valence-electron chi connectivity index (χ0n) is 12.2. The highest BCUT2D eigenvalue weighted by atomic mass is 16.5. The van der Waals surface area contributed by atoms with Crippen molar-refractivity contribution in [2.24, 2.45) is 0 Å². The van der Waals surface area contributed by atoms with Crippen LogP contribution in [0.3, 0.4) is 0 Å². The van der Waals surface area contributed by atoms with E-state index in [0.29, 0.717) is 0 Å². The summed E-state index contributed by atoms with van der Waals surface area (Å²) in [6.07, 6.45) is 0. The van der Waals surface area contributed by atoms with Crippen LogP contribution in [0.15, 0.2) is 28.7 Å². The Morgan fingerprint density at radius 2 is 1.84 bits per heavy atom. The van der Waals surface area contributed by atoms with Crippen molar-refractivity contribution in [2.45, 2.75) is 33.7 Å². The summed E-state index contributed by atoms with van der Waals surface area (Å²) in [6.45, 7) is 8.16. The van der Waals surface area contributed by atoms with Gasteiger partial charge in [-0.25, -0.2) is 0 Å². The molecule has 0 aliphatic carbocycles. The summed E-state index contributed by atoms with van der Waals surface area (Å²) in [5.74, 6) is 2.81. The summed E-state index contributed by atoms with van der Waals surface area (Å²) in [5.41, 5.74) is 3.34. The lowest BCUT2D eigenvalue weighted by atomic mass is 10.1. The summed E-state index contributed by atoms with van der Waals surface area (Å²) in [4.78, 5) is 0. The monoisotopic (exact) mass is 259 g/mol. The van der Waals surface area contributed by atoms with E-state index in [4.69, 9.17) is 9.15 Å². The largest absolute Gasteiger partial charge is 0.496 e. The Morgan fingerprint density at radius 1 is 1.11 bits per heavy atom. The van der Waals surface area contributed by atoms with E-state index >= 15 is 0 Å². The minimum absolute atomic E-state index is 0.125. The normalized spacial score (nSPS) is 12.3. The van der Waals surface area contributed by atoms with Crippen molar-refractivity contribution >= 4 is 5.69 Å². The number of rotatable bonds is 4. The van der Waals surface area contributed by atoms with Gasteiger partial charge in [-0.15, -0.1) is 0 Å². The molecule has 0 radical (unpaired) electrons. The summed E-state index contributed by atoms with van der Waals surface area (Å²) in [6, 6.07) is 8.26. The number of nitrogens with one attached hydrogen (secondary N) is 1. The van der Waals surface area contributed by atoms with Gasteiger partial charge in [-0.1, -0.05) is 6.07 Å². The third-order valence-electron chi connectivity index (χ3n) is 3.37. The molecular weight excluding hydrogens is 238 g/mol. The first-order valence-corrected chi connectivity index (χ1v) is 6.50. The van der Waals surface area contributed by atoms with Crippen LogP contribution in [0.25, 0.3) is 0 Å². The van der Waals surface area contributed by atoms with Gasteiger partial charge in [-0.2, -0.15) is 0 Å². The Labute approximate surface area is 114 Å². The fraction of sp³-hybridized carbons (Fsp3) is 0.375. The SMILES string of the molecule is COc1c(C)ccc(NC(C)c2ccc(C)o2)c1C. The van der Waals surface area contributed by atoms with Gasteiger partial charge in [0, 0.05) is 11.3 Å². The van der Waals surface area contributed by atoms with Crippen molar-refractivity contribution in [3.05, 3.63) is 46.9 Å². The van der Waals surface area contributed by atoms with E-state index in [1.807, 2.05) is 19.1 Å². The van der Waals surface area contributed by atoms with Gasteiger partial charge in [-0.05, 0) is 51.5 Å². The van der Waals surface area contributed by atoms with Gasteiger partial charge in [0.15, 0.2) is 0 Å².